The molecule has 1 saturated carbocycles. The predicted octanol–water partition coefficient (Wildman–Crippen LogP) is 5.65. The van der Waals surface area contributed by atoms with Crippen molar-refractivity contribution in [1.82, 2.24) is 14.3 Å². The number of hydrogen-bond acceptors (Lipinski definition) is 5. The number of benzene rings is 2. The van der Waals surface area contributed by atoms with Crippen LogP contribution in [0.15, 0.2) is 84.4 Å². The maximum absolute atomic E-state index is 13.2. The van der Waals surface area contributed by atoms with E-state index in [4.69, 9.17) is 9.47 Å². The molecule has 1 aliphatic carbocycles. The fraction of sp³-hybridized carbons (Fsp3) is 0.323. The number of hydrogen-bond donors (Lipinski definition) is 0. The first kappa shape index (κ1) is 25.5. The zero-order valence-electron chi connectivity index (χ0n) is 21.8. The van der Waals surface area contributed by atoms with Crippen LogP contribution in [0.3, 0.4) is 0 Å². The van der Waals surface area contributed by atoms with E-state index >= 15 is 0 Å². The number of ether oxygens (including phenoxy) is 2. The lowest BCUT2D eigenvalue weighted by molar-refractivity contribution is 0.0512. The Hall–Kier alpha value is -4.13. The van der Waals surface area contributed by atoms with Crippen LogP contribution in [-0.4, -0.2) is 26.9 Å². The van der Waals surface area contributed by atoms with Crippen LogP contribution in [0, 0.1) is 0 Å². The zero-order chi connectivity index (χ0) is 26.5. The molecule has 4 aromatic rings. The molecule has 0 bridgehead atoms. The van der Waals surface area contributed by atoms with Gasteiger partial charge < -0.3 is 14.0 Å². The predicted molar refractivity (Wildman–Crippen MR) is 148 cm³/mol. The maximum Gasteiger partial charge on any atom is 0.363 e. The molecule has 0 aliphatic heterocycles. The molecule has 0 saturated heterocycles. The Morgan fingerprint density at radius 1 is 1.11 bits per heavy atom. The Bertz CT molecular complexity index is 1500. The van der Waals surface area contributed by atoms with Gasteiger partial charge in [0, 0.05) is 11.7 Å². The van der Waals surface area contributed by atoms with Crippen LogP contribution in [0.25, 0.3) is 10.9 Å². The molecule has 38 heavy (non-hydrogen) atoms. The second-order valence-corrected chi connectivity index (χ2v) is 9.87. The molecule has 2 aromatic heterocycles. The number of aromatic nitrogens is 3. The van der Waals surface area contributed by atoms with Gasteiger partial charge in [-0.1, -0.05) is 55.3 Å². The highest BCUT2D eigenvalue weighted by atomic mass is 16.5. The highest BCUT2D eigenvalue weighted by Crippen LogP contribution is 2.40. The number of nitrogens with zero attached hydrogens (tertiary/aromatic N) is 3. The van der Waals surface area contributed by atoms with Gasteiger partial charge >= 0.3 is 5.97 Å². The van der Waals surface area contributed by atoms with Gasteiger partial charge in [0.05, 0.1) is 24.9 Å². The molecule has 0 spiro atoms. The summed E-state index contributed by atoms with van der Waals surface area (Å²) in [5.41, 5.74) is 2.26. The summed E-state index contributed by atoms with van der Waals surface area (Å²) in [5.74, 6) is -0.649. The van der Waals surface area contributed by atoms with Gasteiger partial charge in [0.15, 0.2) is 5.75 Å². The quantitative estimate of drug-likeness (QED) is 0.203. The molecule has 5 rings (SSSR count). The van der Waals surface area contributed by atoms with Gasteiger partial charge in [0.25, 0.3) is 5.43 Å². The third-order valence-electron chi connectivity index (χ3n) is 7.28. The standard InChI is InChI=1S/C31H33N3O4/c1-3-10-23-13-14-26-25(19-23)15-18-34(26)31(16-8-9-17-31)22-33-20-27(38-21-24-11-6-5-7-12-24)29(35)28(32-33)30(36)37-4-2/h3,5-7,11-15,18-20H,1,4,8-10,16-17,21-22H2,2H3. The lowest BCUT2D eigenvalue weighted by atomic mass is 9.96. The van der Waals surface area contributed by atoms with Crippen LogP contribution in [0.1, 0.15) is 54.2 Å². The average Bonchev–Trinajstić information content (AvgIpc) is 3.57. The molecular weight excluding hydrogens is 478 g/mol. The molecule has 1 fully saturated rings. The lowest BCUT2D eigenvalue weighted by Gasteiger charge is -2.33. The molecule has 2 aromatic carbocycles. The van der Waals surface area contributed by atoms with Gasteiger partial charge in [-0.3, -0.25) is 9.48 Å². The smallest absolute Gasteiger partial charge is 0.363 e. The maximum atomic E-state index is 13.2. The molecule has 0 atom stereocenters. The normalized spacial score (nSPS) is 14.4. The third kappa shape index (κ3) is 5.14. The van der Waals surface area contributed by atoms with Crippen molar-refractivity contribution in [1.29, 1.82) is 0 Å². The van der Waals surface area contributed by atoms with Crippen LogP contribution in [0.5, 0.6) is 5.75 Å². The van der Waals surface area contributed by atoms with Crippen molar-refractivity contribution in [2.45, 2.75) is 57.7 Å². The van der Waals surface area contributed by atoms with E-state index in [1.165, 1.54) is 10.9 Å². The van der Waals surface area contributed by atoms with Crippen molar-refractivity contribution in [2.24, 2.45) is 0 Å². The second kappa shape index (κ2) is 11.1. The summed E-state index contributed by atoms with van der Waals surface area (Å²) in [4.78, 5) is 25.8. The Morgan fingerprint density at radius 3 is 2.63 bits per heavy atom. The molecule has 7 heteroatoms. The van der Waals surface area contributed by atoms with Gasteiger partial charge in [0.2, 0.25) is 5.69 Å². The van der Waals surface area contributed by atoms with E-state index < -0.39 is 11.4 Å². The van der Waals surface area contributed by atoms with E-state index in [0.717, 1.165) is 43.2 Å². The van der Waals surface area contributed by atoms with Crippen LogP contribution in [0.2, 0.25) is 0 Å². The van der Waals surface area contributed by atoms with Crippen LogP contribution in [0.4, 0.5) is 0 Å². The number of carbonyl (C=O) groups excluding carboxylic acids is 1. The van der Waals surface area contributed by atoms with E-state index in [-0.39, 0.29) is 30.2 Å². The van der Waals surface area contributed by atoms with Crippen LogP contribution >= 0.6 is 0 Å². The molecule has 0 N–H and O–H groups in total. The van der Waals surface area contributed by atoms with Crippen molar-refractivity contribution < 1.29 is 14.3 Å². The SMILES string of the molecule is C=CCc1ccc2c(ccn2C2(Cn3cc(OCc4ccccc4)c(=O)c(C(=O)OCC)n3)CCCC2)c1. The van der Waals surface area contributed by atoms with Crippen molar-refractivity contribution in [3.63, 3.8) is 0 Å². The summed E-state index contributed by atoms with van der Waals surface area (Å²) in [6, 6.07) is 18.3. The van der Waals surface area contributed by atoms with E-state index in [1.54, 1.807) is 17.8 Å². The summed E-state index contributed by atoms with van der Waals surface area (Å²) < 4.78 is 15.1. The fourth-order valence-corrected chi connectivity index (χ4v) is 5.47. The first-order valence-electron chi connectivity index (χ1n) is 13.2. The van der Waals surface area contributed by atoms with Crippen LogP contribution < -0.4 is 10.2 Å². The minimum absolute atomic E-state index is 0.0893. The number of esters is 1. The molecule has 1 aliphatic rings. The second-order valence-electron chi connectivity index (χ2n) is 9.87. The molecular formula is C31H33N3O4. The summed E-state index contributed by atoms with van der Waals surface area (Å²) >= 11 is 0. The highest BCUT2D eigenvalue weighted by Gasteiger charge is 2.37. The summed E-state index contributed by atoms with van der Waals surface area (Å²) in [7, 11) is 0. The van der Waals surface area contributed by atoms with Crippen molar-refractivity contribution in [2.75, 3.05) is 6.61 Å². The zero-order valence-corrected chi connectivity index (χ0v) is 21.8. The van der Waals surface area contributed by atoms with E-state index in [9.17, 15) is 9.59 Å². The molecule has 196 valence electrons. The summed E-state index contributed by atoms with van der Waals surface area (Å²) in [5, 5.41) is 5.65. The Morgan fingerprint density at radius 2 is 1.89 bits per heavy atom. The molecule has 0 radical (unpaired) electrons. The minimum Gasteiger partial charge on any atom is -0.483 e. The Labute approximate surface area is 222 Å². The van der Waals surface area contributed by atoms with Gasteiger partial charge in [-0.2, -0.15) is 5.10 Å². The Kier molecular flexibility index (Phi) is 7.45. The average molecular weight is 512 g/mol. The summed E-state index contributed by atoms with van der Waals surface area (Å²) in [6.07, 6.45) is 10.6. The number of allylic oxidation sites excluding steroid dienone is 1. The molecule has 2 heterocycles. The minimum atomic E-state index is -0.738. The lowest BCUT2D eigenvalue weighted by Crippen LogP contribution is -2.37. The largest absolute Gasteiger partial charge is 0.483 e. The number of carbonyl (C=O) groups is 1. The van der Waals surface area contributed by atoms with Gasteiger partial charge in [-0.25, -0.2) is 4.79 Å². The van der Waals surface area contributed by atoms with Crippen molar-refractivity contribution >= 4 is 16.9 Å². The summed E-state index contributed by atoms with van der Waals surface area (Å²) in [6.45, 7) is 6.43. The third-order valence-corrected chi connectivity index (χ3v) is 7.28. The monoisotopic (exact) mass is 511 g/mol. The van der Waals surface area contributed by atoms with Gasteiger partial charge in [0.1, 0.15) is 6.61 Å². The highest BCUT2D eigenvalue weighted by molar-refractivity contribution is 5.87. The number of fused-ring (bicyclic) bond motifs is 1. The van der Waals surface area contributed by atoms with E-state index in [2.05, 4.69) is 46.7 Å². The first-order chi connectivity index (χ1) is 18.5. The first-order valence-corrected chi connectivity index (χ1v) is 13.2. The number of rotatable bonds is 10. The van der Waals surface area contributed by atoms with E-state index in [1.807, 2.05) is 36.4 Å². The molecule has 0 unspecified atom stereocenters. The van der Waals surface area contributed by atoms with Crippen LogP contribution in [-0.2, 0) is 29.8 Å². The van der Waals surface area contributed by atoms with Gasteiger partial charge in [-0.05, 0) is 60.9 Å². The van der Waals surface area contributed by atoms with Crippen molar-refractivity contribution in [3.8, 4) is 5.75 Å². The topological polar surface area (TPSA) is 75.3 Å². The fourth-order valence-electron chi connectivity index (χ4n) is 5.47. The molecule has 0 amide bonds. The molecule has 7 nitrogen and oxygen atoms in total. The Balaban J connectivity index is 1.53. The van der Waals surface area contributed by atoms with E-state index in [0.29, 0.717) is 6.54 Å². The van der Waals surface area contributed by atoms with Crippen molar-refractivity contribution in [3.05, 3.63) is 107 Å². The van der Waals surface area contributed by atoms with Gasteiger partial charge in [-0.15, -0.1) is 6.58 Å².